The molecule has 0 spiro atoms. The molecule has 8 heteroatoms. The average molecular weight is 417 g/mol. The molecule has 3 heterocycles. The van der Waals surface area contributed by atoms with Crippen molar-refractivity contribution < 1.29 is 14.3 Å². The van der Waals surface area contributed by atoms with Gasteiger partial charge in [-0.05, 0) is 42.3 Å². The molecule has 4 rings (SSSR count). The number of hydrogen-bond acceptors (Lipinski definition) is 6. The van der Waals surface area contributed by atoms with E-state index in [-0.39, 0.29) is 12.7 Å². The predicted molar refractivity (Wildman–Crippen MR) is 106 cm³/mol. The number of fused-ring (bicyclic) bond motifs is 1. The molecule has 136 valence electrons. The summed E-state index contributed by atoms with van der Waals surface area (Å²) in [5, 5.41) is 12.9. The van der Waals surface area contributed by atoms with Crippen molar-refractivity contribution in [2.75, 3.05) is 12.1 Å². The number of rotatable bonds is 4. The fourth-order valence-electron chi connectivity index (χ4n) is 2.79. The molecule has 0 fully saturated rings. The van der Waals surface area contributed by atoms with Crippen molar-refractivity contribution in [1.82, 2.24) is 0 Å². The van der Waals surface area contributed by atoms with Crippen LogP contribution in [0.4, 0.5) is 5.00 Å². The van der Waals surface area contributed by atoms with Gasteiger partial charge in [0.05, 0.1) is 14.8 Å². The number of carbonyl (C=O) groups is 1. The number of nitriles is 1. The Morgan fingerprint density at radius 1 is 1.26 bits per heavy atom. The summed E-state index contributed by atoms with van der Waals surface area (Å²) >= 11 is 8.51. The van der Waals surface area contributed by atoms with Gasteiger partial charge in [-0.15, -0.1) is 22.7 Å². The minimum Gasteiger partial charge on any atom is -0.454 e. The Morgan fingerprint density at radius 3 is 2.81 bits per heavy atom. The van der Waals surface area contributed by atoms with Gasteiger partial charge in [-0.1, -0.05) is 17.7 Å². The molecule has 1 N–H and O–H groups in total. The van der Waals surface area contributed by atoms with Crippen molar-refractivity contribution in [2.45, 2.75) is 13.3 Å². The van der Waals surface area contributed by atoms with Crippen LogP contribution in [-0.2, 0) is 6.42 Å². The smallest absolute Gasteiger partial charge is 0.266 e. The summed E-state index contributed by atoms with van der Waals surface area (Å²) in [4.78, 5) is 13.9. The van der Waals surface area contributed by atoms with E-state index in [1.54, 1.807) is 12.1 Å². The topological polar surface area (TPSA) is 71.3 Å². The first-order valence-corrected chi connectivity index (χ1v) is 10.0. The third-order valence-electron chi connectivity index (χ3n) is 4.18. The lowest BCUT2D eigenvalue weighted by Gasteiger charge is -2.02. The third kappa shape index (κ3) is 3.52. The monoisotopic (exact) mass is 416 g/mol. The maximum absolute atomic E-state index is 12.4. The molecule has 1 aliphatic rings. The summed E-state index contributed by atoms with van der Waals surface area (Å²) in [6.07, 6.45) is 0.641. The highest BCUT2D eigenvalue weighted by Crippen LogP contribution is 2.37. The number of nitrogens with one attached hydrogen (secondary N) is 1. The second-order valence-corrected chi connectivity index (χ2v) is 8.71. The summed E-state index contributed by atoms with van der Waals surface area (Å²) in [7, 11) is 0. The second-order valence-electron chi connectivity index (χ2n) is 5.89. The molecule has 0 bridgehead atoms. The Morgan fingerprint density at radius 2 is 2.07 bits per heavy atom. The summed E-state index contributed by atoms with van der Waals surface area (Å²) in [6, 6.07) is 11.4. The Bertz CT molecular complexity index is 1080. The second kappa shape index (κ2) is 7.24. The summed E-state index contributed by atoms with van der Waals surface area (Å²) in [5.41, 5.74) is 2.42. The van der Waals surface area contributed by atoms with Crippen molar-refractivity contribution in [1.29, 1.82) is 5.26 Å². The number of hydrogen-bond donors (Lipinski definition) is 1. The van der Waals surface area contributed by atoms with E-state index in [2.05, 4.69) is 11.4 Å². The van der Waals surface area contributed by atoms with Gasteiger partial charge in [0.15, 0.2) is 11.5 Å². The third-order valence-corrected chi connectivity index (χ3v) is 6.62. The van der Waals surface area contributed by atoms with Crippen LogP contribution >= 0.6 is 34.3 Å². The molecule has 1 aromatic carbocycles. The number of ether oxygens (including phenoxy) is 2. The van der Waals surface area contributed by atoms with Gasteiger partial charge < -0.3 is 14.8 Å². The molecule has 5 nitrogen and oxygen atoms in total. The zero-order chi connectivity index (χ0) is 19.0. The number of anilines is 1. The first-order valence-electron chi connectivity index (χ1n) is 8.02. The molecule has 1 aliphatic heterocycles. The Kier molecular flexibility index (Phi) is 4.79. The number of carbonyl (C=O) groups excluding carboxylic acids is 1. The van der Waals surface area contributed by atoms with Crippen LogP contribution in [0, 0.1) is 18.3 Å². The summed E-state index contributed by atoms with van der Waals surface area (Å²) in [5.74, 6) is 1.20. The van der Waals surface area contributed by atoms with Gasteiger partial charge in [-0.3, -0.25) is 4.79 Å². The minimum absolute atomic E-state index is 0.234. The summed E-state index contributed by atoms with van der Waals surface area (Å²) in [6.45, 7) is 2.13. The van der Waals surface area contributed by atoms with Gasteiger partial charge in [-0.2, -0.15) is 5.26 Å². The molecular formula is C19H13ClN2O3S2. The van der Waals surface area contributed by atoms with Crippen LogP contribution < -0.4 is 14.8 Å². The molecule has 2 aromatic heterocycles. The van der Waals surface area contributed by atoms with Gasteiger partial charge in [-0.25, -0.2) is 0 Å². The van der Waals surface area contributed by atoms with Crippen molar-refractivity contribution in [3.63, 3.8) is 0 Å². The lowest BCUT2D eigenvalue weighted by atomic mass is 10.1. The fraction of sp³-hybridized carbons (Fsp3) is 0.158. The average Bonchev–Trinajstić information content (AvgIpc) is 3.35. The van der Waals surface area contributed by atoms with Gasteiger partial charge >= 0.3 is 0 Å². The van der Waals surface area contributed by atoms with E-state index in [4.69, 9.17) is 21.1 Å². The first-order chi connectivity index (χ1) is 13.0. The van der Waals surface area contributed by atoms with Crippen LogP contribution in [0.3, 0.4) is 0 Å². The quantitative estimate of drug-likeness (QED) is 0.633. The Labute approximate surface area is 168 Å². The fourth-order valence-corrected chi connectivity index (χ4v) is 4.91. The highest BCUT2D eigenvalue weighted by Gasteiger charge is 2.20. The lowest BCUT2D eigenvalue weighted by molar-refractivity contribution is 0.103. The lowest BCUT2D eigenvalue weighted by Crippen LogP contribution is -2.09. The van der Waals surface area contributed by atoms with Crippen LogP contribution in [0.2, 0.25) is 4.34 Å². The Balaban J connectivity index is 1.59. The van der Waals surface area contributed by atoms with E-state index in [9.17, 15) is 10.1 Å². The molecular weight excluding hydrogens is 404 g/mol. The van der Waals surface area contributed by atoms with E-state index < -0.39 is 0 Å². The van der Waals surface area contributed by atoms with Crippen molar-refractivity contribution in [3.8, 4) is 17.6 Å². The highest BCUT2D eigenvalue weighted by molar-refractivity contribution is 7.18. The molecule has 0 aliphatic carbocycles. The molecule has 1 amide bonds. The number of benzene rings is 1. The van der Waals surface area contributed by atoms with E-state index >= 15 is 0 Å². The predicted octanol–water partition coefficient (Wildman–Crippen LogP) is 5.21. The van der Waals surface area contributed by atoms with Crippen LogP contribution in [0.25, 0.3) is 0 Å². The van der Waals surface area contributed by atoms with Crippen LogP contribution in [0.15, 0.2) is 30.3 Å². The number of amides is 1. The number of thiophene rings is 2. The standard InChI is InChI=1S/C19H13ClN2O3S2/c1-10-12(8-21)19(22-18(23)15-4-5-17(20)26-15)27-16(10)7-11-2-3-13-14(6-11)25-9-24-13/h2-6H,7,9H2,1H3,(H,22,23). The molecule has 0 atom stereocenters. The molecule has 0 radical (unpaired) electrons. The van der Waals surface area contributed by atoms with E-state index in [0.717, 1.165) is 27.5 Å². The zero-order valence-electron chi connectivity index (χ0n) is 14.2. The van der Waals surface area contributed by atoms with Crippen molar-refractivity contribution in [2.24, 2.45) is 0 Å². The zero-order valence-corrected chi connectivity index (χ0v) is 16.6. The first kappa shape index (κ1) is 17.9. The molecule has 0 unspecified atom stereocenters. The largest absolute Gasteiger partial charge is 0.454 e. The molecule has 0 saturated heterocycles. The maximum atomic E-state index is 12.4. The summed E-state index contributed by atoms with van der Waals surface area (Å²) < 4.78 is 11.3. The van der Waals surface area contributed by atoms with Crippen molar-refractivity contribution >= 4 is 45.2 Å². The number of halogens is 1. The van der Waals surface area contributed by atoms with Crippen LogP contribution in [-0.4, -0.2) is 12.7 Å². The molecule has 3 aromatic rings. The highest BCUT2D eigenvalue weighted by atomic mass is 35.5. The minimum atomic E-state index is -0.265. The van der Waals surface area contributed by atoms with Gasteiger partial charge in [0.25, 0.3) is 5.91 Å². The van der Waals surface area contributed by atoms with E-state index in [0.29, 0.717) is 26.2 Å². The van der Waals surface area contributed by atoms with E-state index in [1.807, 2.05) is 25.1 Å². The van der Waals surface area contributed by atoms with Gasteiger partial charge in [0.2, 0.25) is 6.79 Å². The molecule has 0 saturated carbocycles. The SMILES string of the molecule is Cc1c(Cc2ccc3c(c2)OCO3)sc(NC(=O)c2ccc(Cl)s2)c1C#N. The Hall–Kier alpha value is -2.53. The van der Waals surface area contributed by atoms with Crippen LogP contribution in [0.5, 0.6) is 11.5 Å². The maximum Gasteiger partial charge on any atom is 0.266 e. The van der Waals surface area contributed by atoms with Crippen LogP contribution in [0.1, 0.15) is 31.2 Å². The number of nitrogens with zero attached hydrogens (tertiary/aromatic N) is 1. The van der Waals surface area contributed by atoms with Crippen molar-refractivity contribution in [3.05, 3.63) is 61.1 Å². The molecule has 27 heavy (non-hydrogen) atoms. The van der Waals surface area contributed by atoms with Gasteiger partial charge in [0, 0.05) is 11.3 Å². The normalized spacial score (nSPS) is 12.0. The van der Waals surface area contributed by atoms with Gasteiger partial charge in [0.1, 0.15) is 11.1 Å². The van der Waals surface area contributed by atoms with E-state index in [1.165, 1.54) is 22.7 Å².